The van der Waals surface area contributed by atoms with Crippen LogP contribution in [0.25, 0.3) is 82.8 Å². The molecule has 1 heterocycles. The van der Waals surface area contributed by atoms with Crippen molar-refractivity contribution < 1.29 is 0 Å². The number of para-hydroxylation sites is 1. The molecule has 12 rings (SSSR count). The molecule has 0 aliphatic heterocycles. The summed E-state index contributed by atoms with van der Waals surface area (Å²) in [5.41, 5.74) is 19.5. The van der Waals surface area contributed by atoms with Crippen LogP contribution < -0.4 is 4.90 Å². The summed E-state index contributed by atoms with van der Waals surface area (Å²) >= 11 is 0. The second-order valence-electron chi connectivity index (χ2n) is 17.4. The summed E-state index contributed by atoms with van der Waals surface area (Å²) in [5.74, 6) is 0. The largest absolute Gasteiger partial charge is 0.310 e. The van der Waals surface area contributed by atoms with Crippen LogP contribution in [0.2, 0.25) is 0 Å². The highest BCUT2D eigenvalue weighted by molar-refractivity contribution is 6.10. The first-order valence-corrected chi connectivity index (χ1v) is 21.9. The van der Waals surface area contributed by atoms with Crippen LogP contribution in [-0.4, -0.2) is 4.57 Å². The molecule has 0 N–H and O–H groups in total. The molecule has 10 aromatic carbocycles. The zero-order valence-electron chi connectivity index (χ0n) is 35.3. The third-order valence-electron chi connectivity index (χ3n) is 13.4. The maximum Gasteiger partial charge on any atom is 0.0541 e. The van der Waals surface area contributed by atoms with Crippen molar-refractivity contribution in [3.8, 4) is 50.2 Å². The van der Waals surface area contributed by atoms with Crippen molar-refractivity contribution in [1.29, 1.82) is 0 Å². The highest BCUT2D eigenvalue weighted by Gasteiger charge is 2.36. The SMILES string of the molecule is CC1(C)c2ccccc2-c2ccc(N(c3cccc(-c4ccc(-c5ccc6c(c5)c5ccccc5n6-c5ccc(-c6ccccc6)cc5)cc4)c3)c3cccc4ccccc34)cc21. The second kappa shape index (κ2) is 14.6. The van der Waals surface area contributed by atoms with Gasteiger partial charge in [-0.05, 0) is 122 Å². The first kappa shape index (κ1) is 36.9. The van der Waals surface area contributed by atoms with Crippen LogP contribution in [0.3, 0.4) is 0 Å². The number of nitrogens with zero attached hydrogens (tertiary/aromatic N) is 2. The van der Waals surface area contributed by atoms with Crippen molar-refractivity contribution in [2.24, 2.45) is 0 Å². The van der Waals surface area contributed by atoms with Gasteiger partial charge in [-0.25, -0.2) is 0 Å². The normalized spacial score (nSPS) is 12.7. The number of anilines is 3. The Balaban J connectivity index is 0.909. The van der Waals surface area contributed by atoms with Crippen molar-refractivity contribution >= 4 is 49.6 Å². The van der Waals surface area contributed by atoms with E-state index in [1.807, 2.05) is 0 Å². The van der Waals surface area contributed by atoms with Crippen molar-refractivity contribution in [2.75, 3.05) is 4.90 Å². The quantitative estimate of drug-likeness (QED) is 0.156. The summed E-state index contributed by atoms with van der Waals surface area (Å²) in [7, 11) is 0. The monoisotopic (exact) mass is 804 g/mol. The zero-order valence-corrected chi connectivity index (χ0v) is 35.3. The third kappa shape index (κ3) is 6.09. The lowest BCUT2D eigenvalue weighted by molar-refractivity contribution is 0.660. The van der Waals surface area contributed by atoms with E-state index < -0.39 is 0 Å². The minimum Gasteiger partial charge on any atom is -0.310 e. The van der Waals surface area contributed by atoms with Crippen LogP contribution in [0.4, 0.5) is 17.1 Å². The molecule has 11 aromatic rings. The van der Waals surface area contributed by atoms with Gasteiger partial charge in [-0.1, -0.05) is 184 Å². The number of benzene rings is 10. The molecule has 0 bridgehead atoms. The van der Waals surface area contributed by atoms with E-state index in [1.54, 1.807) is 0 Å². The number of aromatic nitrogens is 1. The van der Waals surface area contributed by atoms with E-state index in [9.17, 15) is 0 Å². The molecule has 0 fully saturated rings. The van der Waals surface area contributed by atoms with Gasteiger partial charge < -0.3 is 9.47 Å². The Morgan fingerprint density at radius 1 is 0.349 bits per heavy atom. The van der Waals surface area contributed by atoms with E-state index in [4.69, 9.17) is 0 Å². The highest BCUT2D eigenvalue weighted by atomic mass is 15.1. The molecule has 0 saturated carbocycles. The van der Waals surface area contributed by atoms with Gasteiger partial charge in [0.1, 0.15) is 0 Å². The Labute approximate surface area is 368 Å². The molecule has 0 amide bonds. The van der Waals surface area contributed by atoms with Crippen molar-refractivity contribution in [3.05, 3.63) is 242 Å². The molecule has 0 radical (unpaired) electrons. The molecule has 2 heteroatoms. The molecule has 0 unspecified atom stereocenters. The highest BCUT2D eigenvalue weighted by Crippen LogP contribution is 2.51. The summed E-state index contributed by atoms with van der Waals surface area (Å²) < 4.78 is 2.39. The van der Waals surface area contributed by atoms with Crippen LogP contribution in [0.5, 0.6) is 0 Å². The van der Waals surface area contributed by atoms with Gasteiger partial charge in [0.05, 0.1) is 16.7 Å². The van der Waals surface area contributed by atoms with Crippen molar-refractivity contribution in [1.82, 2.24) is 4.57 Å². The molecule has 0 spiro atoms. The van der Waals surface area contributed by atoms with E-state index in [0.717, 1.165) is 22.7 Å². The number of hydrogen-bond acceptors (Lipinski definition) is 1. The Morgan fingerprint density at radius 2 is 0.905 bits per heavy atom. The molecule has 0 atom stereocenters. The van der Waals surface area contributed by atoms with Crippen LogP contribution in [0.15, 0.2) is 231 Å². The van der Waals surface area contributed by atoms with E-state index in [2.05, 4.69) is 254 Å². The molecule has 1 aromatic heterocycles. The van der Waals surface area contributed by atoms with Crippen LogP contribution in [0, 0.1) is 0 Å². The third-order valence-corrected chi connectivity index (χ3v) is 13.4. The molecular weight excluding hydrogens is 761 g/mol. The molecule has 63 heavy (non-hydrogen) atoms. The maximum absolute atomic E-state index is 2.45. The van der Waals surface area contributed by atoms with Gasteiger partial charge in [0.25, 0.3) is 0 Å². The predicted molar refractivity (Wildman–Crippen MR) is 267 cm³/mol. The topological polar surface area (TPSA) is 8.17 Å². The van der Waals surface area contributed by atoms with Gasteiger partial charge in [-0.2, -0.15) is 0 Å². The zero-order chi connectivity index (χ0) is 42.1. The summed E-state index contributed by atoms with van der Waals surface area (Å²) in [4.78, 5) is 2.45. The van der Waals surface area contributed by atoms with E-state index in [0.29, 0.717) is 0 Å². The Morgan fingerprint density at radius 3 is 1.73 bits per heavy atom. The Kier molecular flexibility index (Phi) is 8.55. The summed E-state index contributed by atoms with van der Waals surface area (Å²) in [6.45, 7) is 4.72. The minimum absolute atomic E-state index is 0.105. The Bertz CT molecular complexity index is 3510. The molecular formula is C61H44N2. The molecule has 1 aliphatic rings. The van der Waals surface area contributed by atoms with E-state index in [-0.39, 0.29) is 5.41 Å². The maximum atomic E-state index is 2.45. The van der Waals surface area contributed by atoms with E-state index >= 15 is 0 Å². The first-order valence-electron chi connectivity index (χ1n) is 21.9. The first-order chi connectivity index (χ1) is 31.0. The van der Waals surface area contributed by atoms with Crippen molar-refractivity contribution in [2.45, 2.75) is 19.3 Å². The lowest BCUT2D eigenvalue weighted by Crippen LogP contribution is -2.16. The van der Waals surface area contributed by atoms with Gasteiger partial charge >= 0.3 is 0 Å². The minimum atomic E-state index is -0.105. The fraction of sp³-hybridized carbons (Fsp3) is 0.0492. The molecule has 0 saturated heterocycles. The van der Waals surface area contributed by atoms with E-state index in [1.165, 1.54) is 88.2 Å². The average molecular weight is 805 g/mol. The van der Waals surface area contributed by atoms with Crippen LogP contribution in [-0.2, 0) is 5.41 Å². The summed E-state index contributed by atoms with van der Waals surface area (Å²) in [6.07, 6.45) is 0. The van der Waals surface area contributed by atoms with Gasteiger partial charge in [-0.3, -0.25) is 0 Å². The fourth-order valence-corrected chi connectivity index (χ4v) is 10.2. The average Bonchev–Trinajstić information content (AvgIpc) is 3.79. The van der Waals surface area contributed by atoms with Gasteiger partial charge in [0.2, 0.25) is 0 Å². The smallest absolute Gasteiger partial charge is 0.0541 e. The number of hydrogen-bond donors (Lipinski definition) is 0. The van der Waals surface area contributed by atoms with Crippen LogP contribution in [0.1, 0.15) is 25.0 Å². The Hall–Kier alpha value is -7.94. The number of rotatable bonds is 7. The summed E-state index contributed by atoms with van der Waals surface area (Å²) in [6, 6.07) is 84.6. The summed E-state index contributed by atoms with van der Waals surface area (Å²) in [5, 5.41) is 4.95. The number of fused-ring (bicyclic) bond motifs is 7. The predicted octanol–water partition coefficient (Wildman–Crippen LogP) is 16.7. The lowest BCUT2D eigenvalue weighted by Gasteiger charge is -2.29. The molecule has 1 aliphatic carbocycles. The van der Waals surface area contributed by atoms with Gasteiger partial charge in [0.15, 0.2) is 0 Å². The van der Waals surface area contributed by atoms with Crippen molar-refractivity contribution in [3.63, 3.8) is 0 Å². The second-order valence-corrected chi connectivity index (χ2v) is 17.4. The standard InChI is InChI=1S/C61H44N2/c1-61(2)56-23-10-8-21-52(56)53-36-35-50(40-57(53)61)62(58-25-13-17-45-16-6-7-20-51(45)58)49-19-12-18-46(38-49)43-26-28-44(29-27-43)47-32-37-60-55(39-47)54-22-9-11-24-59(54)63(60)48-33-30-42(31-34-48)41-14-4-3-5-15-41/h3-40H,1-2H3. The molecule has 2 nitrogen and oxygen atoms in total. The van der Waals surface area contributed by atoms with Gasteiger partial charge in [-0.15, -0.1) is 0 Å². The lowest BCUT2D eigenvalue weighted by atomic mass is 9.82. The molecule has 298 valence electrons. The van der Waals surface area contributed by atoms with Crippen LogP contribution >= 0.6 is 0 Å². The van der Waals surface area contributed by atoms with Gasteiger partial charge in [0, 0.05) is 38.6 Å². The fourth-order valence-electron chi connectivity index (χ4n) is 10.2.